The molecule has 0 fully saturated rings. The Labute approximate surface area is 172 Å². The van der Waals surface area contributed by atoms with Gasteiger partial charge < -0.3 is 5.32 Å². The van der Waals surface area contributed by atoms with Crippen LogP contribution in [0.2, 0.25) is 0 Å². The van der Waals surface area contributed by atoms with Crippen molar-refractivity contribution in [3.8, 4) is 22.3 Å². The quantitative estimate of drug-likeness (QED) is 0.342. The van der Waals surface area contributed by atoms with Gasteiger partial charge in [0.05, 0.1) is 0 Å². The molecule has 0 atom stereocenters. The Balaban J connectivity index is 1.42. The summed E-state index contributed by atoms with van der Waals surface area (Å²) in [6, 6.07) is 31.0. The van der Waals surface area contributed by atoms with Crippen LogP contribution in [0.25, 0.3) is 22.3 Å². The Bertz CT molecular complexity index is 1280. The number of rotatable bonds is 2. The molecule has 0 unspecified atom stereocenters. The molecule has 6 rings (SSSR count). The molecule has 1 heteroatoms. The van der Waals surface area contributed by atoms with Gasteiger partial charge in [0.1, 0.15) is 0 Å². The molecular weight excluding hydrogens is 350 g/mol. The van der Waals surface area contributed by atoms with Crippen LogP contribution in [-0.2, 0) is 11.8 Å². The molecule has 0 aliphatic heterocycles. The Morgan fingerprint density at radius 1 is 0.655 bits per heavy atom. The lowest BCUT2D eigenvalue weighted by Crippen LogP contribution is -2.16. The molecule has 0 amide bonds. The smallest absolute Gasteiger partial charge is 0.0431 e. The van der Waals surface area contributed by atoms with E-state index in [9.17, 15) is 0 Å². The van der Waals surface area contributed by atoms with Crippen molar-refractivity contribution < 1.29 is 0 Å². The first-order chi connectivity index (χ1) is 14.1. The highest BCUT2D eigenvalue weighted by molar-refractivity contribution is 5.87. The fourth-order valence-corrected chi connectivity index (χ4v) is 5.33. The van der Waals surface area contributed by atoms with E-state index in [1.807, 2.05) is 0 Å². The fourth-order valence-electron chi connectivity index (χ4n) is 5.33. The van der Waals surface area contributed by atoms with E-state index in [4.69, 9.17) is 0 Å². The van der Waals surface area contributed by atoms with Crippen LogP contribution in [0.15, 0.2) is 84.9 Å². The highest BCUT2D eigenvalue weighted by atomic mass is 14.9. The standard InChI is InChI=1S/C28H23N/c1-28(2)25-12-6-5-10-23(25)24-11-7-13-26(27(24)28)29-20-14-15-22-19(17-20)16-18-8-3-4-9-21(18)22/h3-15,17,29H,16H2,1-2H3. The third-order valence-electron chi connectivity index (χ3n) is 6.65. The molecule has 1 N–H and O–H groups in total. The minimum absolute atomic E-state index is 0.0114. The number of hydrogen-bond acceptors (Lipinski definition) is 1. The summed E-state index contributed by atoms with van der Waals surface area (Å²) in [6.45, 7) is 4.67. The number of anilines is 2. The van der Waals surface area contributed by atoms with Crippen molar-refractivity contribution >= 4 is 11.4 Å². The van der Waals surface area contributed by atoms with Crippen LogP contribution in [0, 0.1) is 0 Å². The Hall–Kier alpha value is -3.32. The first-order valence-electron chi connectivity index (χ1n) is 10.3. The zero-order valence-corrected chi connectivity index (χ0v) is 16.8. The van der Waals surface area contributed by atoms with Gasteiger partial charge in [-0.1, -0.05) is 80.6 Å². The Morgan fingerprint density at radius 2 is 1.38 bits per heavy atom. The molecule has 4 aromatic rings. The van der Waals surface area contributed by atoms with Crippen molar-refractivity contribution in [1.29, 1.82) is 0 Å². The third-order valence-corrected chi connectivity index (χ3v) is 6.65. The molecular formula is C28H23N. The highest BCUT2D eigenvalue weighted by Gasteiger charge is 2.37. The summed E-state index contributed by atoms with van der Waals surface area (Å²) in [5.41, 5.74) is 13.5. The molecule has 0 heterocycles. The second-order valence-electron chi connectivity index (χ2n) is 8.73. The molecule has 2 aliphatic rings. The van der Waals surface area contributed by atoms with Gasteiger partial charge in [-0.05, 0) is 69.1 Å². The maximum absolute atomic E-state index is 3.75. The molecule has 0 radical (unpaired) electrons. The van der Waals surface area contributed by atoms with E-state index in [0.29, 0.717) is 0 Å². The van der Waals surface area contributed by atoms with Crippen molar-refractivity contribution in [2.75, 3.05) is 5.32 Å². The molecule has 0 spiro atoms. The lowest BCUT2D eigenvalue weighted by atomic mass is 9.81. The van der Waals surface area contributed by atoms with Gasteiger partial charge in [-0.3, -0.25) is 0 Å². The first-order valence-corrected chi connectivity index (χ1v) is 10.3. The van der Waals surface area contributed by atoms with E-state index in [1.54, 1.807) is 0 Å². The van der Waals surface area contributed by atoms with Gasteiger partial charge in [0.2, 0.25) is 0 Å². The zero-order chi connectivity index (χ0) is 19.6. The molecule has 0 bridgehead atoms. The van der Waals surface area contributed by atoms with Crippen molar-refractivity contribution in [3.63, 3.8) is 0 Å². The Morgan fingerprint density at radius 3 is 2.28 bits per heavy atom. The maximum atomic E-state index is 3.75. The van der Waals surface area contributed by atoms with Crippen LogP contribution in [0.4, 0.5) is 11.4 Å². The van der Waals surface area contributed by atoms with Crippen LogP contribution in [0.1, 0.15) is 36.1 Å². The maximum Gasteiger partial charge on any atom is 0.0431 e. The van der Waals surface area contributed by atoms with Gasteiger partial charge in [0.15, 0.2) is 0 Å². The summed E-state index contributed by atoms with van der Waals surface area (Å²) in [5, 5.41) is 3.75. The molecule has 2 aliphatic carbocycles. The van der Waals surface area contributed by atoms with Crippen LogP contribution in [0.3, 0.4) is 0 Å². The average Bonchev–Trinajstić information content (AvgIpc) is 3.21. The predicted molar refractivity (Wildman–Crippen MR) is 122 cm³/mol. The van der Waals surface area contributed by atoms with E-state index in [0.717, 1.165) is 12.1 Å². The summed E-state index contributed by atoms with van der Waals surface area (Å²) in [7, 11) is 0. The molecule has 0 saturated heterocycles. The van der Waals surface area contributed by atoms with Gasteiger partial charge in [-0.15, -0.1) is 0 Å². The van der Waals surface area contributed by atoms with Crippen molar-refractivity contribution in [1.82, 2.24) is 0 Å². The van der Waals surface area contributed by atoms with Gasteiger partial charge in [-0.2, -0.15) is 0 Å². The van der Waals surface area contributed by atoms with Gasteiger partial charge in [0.25, 0.3) is 0 Å². The highest BCUT2D eigenvalue weighted by Crippen LogP contribution is 2.51. The summed E-state index contributed by atoms with van der Waals surface area (Å²) in [5.74, 6) is 0. The topological polar surface area (TPSA) is 12.0 Å². The van der Waals surface area contributed by atoms with Crippen LogP contribution in [-0.4, -0.2) is 0 Å². The zero-order valence-electron chi connectivity index (χ0n) is 16.8. The molecule has 140 valence electrons. The summed E-state index contributed by atoms with van der Waals surface area (Å²) in [4.78, 5) is 0. The van der Waals surface area contributed by atoms with Crippen molar-refractivity contribution in [2.24, 2.45) is 0 Å². The summed E-state index contributed by atoms with van der Waals surface area (Å²) in [6.07, 6.45) is 1.02. The largest absolute Gasteiger partial charge is 0.355 e. The fraction of sp³-hybridized carbons (Fsp3) is 0.143. The molecule has 1 nitrogen and oxygen atoms in total. The van der Waals surface area contributed by atoms with E-state index in [1.165, 1.54) is 50.2 Å². The number of fused-ring (bicyclic) bond motifs is 6. The molecule has 0 saturated carbocycles. The molecule has 29 heavy (non-hydrogen) atoms. The second kappa shape index (κ2) is 5.84. The van der Waals surface area contributed by atoms with Crippen LogP contribution < -0.4 is 5.32 Å². The normalized spacial score (nSPS) is 14.7. The SMILES string of the molecule is CC1(C)c2ccccc2-c2cccc(Nc3ccc4c(c3)Cc3ccccc3-4)c21. The van der Waals surface area contributed by atoms with Gasteiger partial charge in [-0.25, -0.2) is 0 Å². The minimum atomic E-state index is -0.0114. The minimum Gasteiger partial charge on any atom is -0.355 e. The van der Waals surface area contributed by atoms with Gasteiger partial charge >= 0.3 is 0 Å². The number of benzene rings is 4. The van der Waals surface area contributed by atoms with E-state index in [2.05, 4.69) is 104 Å². The predicted octanol–water partition coefficient (Wildman–Crippen LogP) is 7.31. The lowest BCUT2D eigenvalue weighted by Gasteiger charge is -2.25. The summed E-state index contributed by atoms with van der Waals surface area (Å²) >= 11 is 0. The van der Waals surface area contributed by atoms with E-state index >= 15 is 0 Å². The van der Waals surface area contributed by atoms with E-state index in [-0.39, 0.29) is 5.41 Å². The third kappa shape index (κ3) is 2.34. The average molecular weight is 373 g/mol. The second-order valence-corrected chi connectivity index (χ2v) is 8.73. The monoisotopic (exact) mass is 373 g/mol. The number of nitrogens with one attached hydrogen (secondary N) is 1. The lowest BCUT2D eigenvalue weighted by molar-refractivity contribution is 0.662. The van der Waals surface area contributed by atoms with Crippen LogP contribution >= 0.6 is 0 Å². The van der Waals surface area contributed by atoms with E-state index < -0.39 is 0 Å². The van der Waals surface area contributed by atoms with Gasteiger partial charge in [0, 0.05) is 16.8 Å². The molecule has 0 aromatic heterocycles. The number of hydrogen-bond donors (Lipinski definition) is 1. The molecule has 4 aromatic carbocycles. The Kier molecular flexibility index (Phi) is 3.35. The van der Waals surface area contributed by atoms with Crippen molar-refractivity contribution in [2.45, 2.75) is 25.7 Å². The summed E-state index contributed by atoms with van der Waals surface area (Å²) < 4.78 is 0. The van der Waals surface area contributed by atoms with Crippen molar-refractivity contribution in [3.05, 3.63) is 107 Å². The van der Waals surface area contributed by atoms with Crippen LogP contribution in [0.5, 0.6) is 0 Å². The first kappa shape index (κ1) is 16.6.